The molecule has 0 unspecified atom stereocenters. The maximum Gasteiger partial charge on any atom is 0.241 e. The first-order valence-corrected chi connectivity index (χ1v) is 6.73. The normalized spacial score (nSPS) is 10.1. The van der Waals surface area contributed by atoms with Crippen LogP contribution in [0.25, 0.3) is 0 Å². The van der Waals surface area contributed by atoms with Gasteiger partial charge >= 0.3 is 0 Å². The largest absolute Gasteiger partial charge is 0.370 e. The maximum atomic E-state index is 11.9. The quantitative estimate of drug-likeness (QED) is 0.816. The van der Waals surface area contributed by atoms with Crippen LogP contribution in [0.15, 0.2) is 18.3 Å². The van der Waals surface area contributed by atoms with Crippen LogP contribution in [-0.4, -0.2) is 49.5 Å². The molecule has 5 nitrogen and oxygen atoms in total. The number of nitrogens with zero attached hydrogens (tertiary/aromatic N) is 3. The van der Waals surface area contributed by atoms with Gasteiger partial charge in [-0.1, -0.05) is 6.92 Å². The van der Waals surface area contributed by atoms with E-state index in [0.29, 0.717) is 6.54 Å². The molecular formula is C14H24N4O. The van der Waals surface area contributed by atoms with Crippen LogP contribution in [-0.2, 0) is 4.79 Å². The standard InChI is InChI=1S/C14H24N4O/c1-5-9-18(11-14(19)17(3)4)12-7-8-16-13(10-12)15-6-2/h7-8,10H,5-6,9,11H2,1-4H3,(H,15,16). The highest BCUT2D eigenvalue weighted by molar-refractivity contribution is 5.81. The van der Waals surface area contributed by atoms with E-state index in [2.05, 4.69) is 22.1 Å². The Labute approximate surface area is 115 Å². The summed E-state index contributed by atoms with van der Waals surface area (Å²) < 4.78 is 0. The first kappa shape index (κ1) is 15.3. The summed E-state index contributed by atoms with van der Waals surface area (Å²) >= 11 is 0. The van der Waals surface area contributed by atoms with Gasteiger partial charge in [-0.2, -0.15) is 0 Å². The van der Waals surface area contributed by atoms with Crippen LogP contribution in [0.3, 0.4) is 0 Å². The molecular weight excluding hydrogens is 240 g/mol. The summed E-state index contributed by atoms with van der Waals surface area (Å²) in [7, 11) is 3.56. The first-order chi connectivity index (χ1) is 9.08. The molecule has 5 heteroatoms. The average molecular weight is 264 g/mol. The Morgan fingerprint density at radius 3 is 2.68 bits per heavy atom. The lowest BCUT2D eigenvalue weighted by Crippen LogP contribution is -2.37. The van der Waals surface area contributed by atoms with Crippen molar-refractivity contribution in [3.05, 3.63) is 18.3 Å². The second-order valence-electron chi connectivity index (χ2n) is 4.64. The van der Waals surface area contributed by atoms with Crippen LogP contribution in [0, 0.1) is 0 Å². The van der Waals surface area contributed by atoms with Gasteiger partial charge in [0.15, 0.2) is 0 Å². The van der Waals surface area contributed by atoms with Gasteiger partial charge in [0, 0.05) is 45.1 Å². The Morgan fingerprint density at radius 1 is 1.37 bits per heavy atom. The highest BCUT2D eigenvalue weighted by atomic mass is 16.2. The van der Waals surface area contributed by atoms with Gasteiger partial charge < -0.3 is 15.1 Å². The molecule has 0 radical (unpaired) electrons. The van der Waals surface area contributed by atoms with E-state index < -0.39 is 0 Å². The lowest BCUT2D eigenvalue weighted by Gasteiger charge is -2.25. The second kappa shape index (κ2) is 7.61. The van der Waals surface area contributed by atoms with E-state index in [1.165, 1.54) is 0 Å². The molecule has 1 aromatic rings. The summed E-state index contributed by atoms with van der Waals surface area (Å²) in [5.74, 6) is 0.952. The van der Waals surface area contributed by atoms with Gasteiger partial charge in [0.05, 0.1) is 6.54 Å². The monoisotopic (exact) mass is 264 g/mol. The topological polar surface area (TPSA) is 48.5 Å². The molecule has 0 atom stereocenters. The molecule has 1 heterocycles. The van der Waals surface area contributed by atoms with Crippen LogP contribution in [0.5, 0.6) is 0 Å². The predicted octanol–water partition coefficient (Wildman–Crippen LogP) is 1.82. The third-order valence-corrected chi connectivity index (χ3v) is 2.79. The van der Waals surface area contributed by atoms with E-state index in [9.17, 15) is 4.79 Å². The van der Waals surface area contributed by atoms with E-state index in [-0.39, 0.29) is 5.91 Å². The summed E-state index contributed by atoms with van der Waals surface area (Å²) in [6.45, 7) is 6.24. The smallest absolute Gasteiger partial charge is 0.241 e. The fraction of sp³-hybridized carbons (Fsp3) is 0.571. The van der Waals surface area contributed by atoms with Crippen molar-refractivity contribution < 1.29 is 4.79 Å². The summed E-state index contributed by atoms with van der Waals surface area (Å²) in [4.78, 5) is 19.8. The zero-order valence-electron chi connectivity index (χ0n) is 12.3. The van der Waals surface area contributed by atoms with Crippen LogP contribution in [0.2, 0.25) is 0 Å². The molecule has 19 heavy (non-hydrogen) atoms. The van der Waals surface area contributed by atoms with Crippen molar-refractivity contribution in [1.29, 1.82) is 0 Å². The molecule has 1 rings (SSSR count). The van der Waals surface area contributed by atoms with E-state index >= 15 is 0 Å². The number of likely N-dealkylation sites (N-methyl/N-ethyl adjacent to an activating group) is 1. The van der Waals surface area contributed by atoms with E-state index in [1.807, 2.05) is 19.1 Å². The van der Waals surface area contributed by atoms with E-state index in [4.69, 9.17) is 0 Å². The molecule has 0 bridgehead atoms. The number of hydrogen-bond donors (Lipinski definition) is 1. The molecule has 0 saturated heterocycles. The molecule has 1 aromatic heterocycles. The Hall–Kier alpha value is -1.78. The number of rotatable bonds is 7. The van der Waals surface area contributed by atoms with Crippen molar-refractivity contribution in [2.24, 2.45) is 0 Å². The van der Waals surface area contributed by atoms with Gasteiger partial charge in [0.2, 0.25) is 5.91 Å². The summed E-state index contributed by atoms with van der Waals surface area (Å²) in [5.41, 5.74) is 1.03. The molecule has 0 saturated carbocycles. The zero-order valence-corrected chi connectivity index (χ0v) is 12.3. The third kappa shape index (κ3) is 4.77. The summed E-state index contributed by atoms with van der Waals surface area (Å²) in [6.07, 6.45) is 2.77. The van der Waals surface area contributed by atoms with Gasteiger partial charge in [-0.25, -0.2) is 4.98 Å². The Kier molecular flexibility index (Phi) is 6.12. The molecule has 0 fully saturated rings. The highest BCUT2D eigenvalue weighted by Crippen LogP contribution is 2.17. The molecule has 106 valence electrons. The molecule has 1 N–H and O–H groups in total. The number of amides is 1. The third-order valence-electron chi connectivity index (χ3n) is 2.79. The van der Waals surface area contributed by atoms with Crippen molar-refractivity contribution >= 4 is 17.4 Å². The number of anilines is 2. The van der Waals surface area contributed by atoms with E-state index in [0.717, 1.165) is 31.0 Å². The van der Waals surface area contributed by atoms with Gasteiger partial charge in [-0.3, -0.25) is 4.79 Å². The van der Waals surface area contributed by atoms with Crippen molar-refractivity contribution in [2.75, 3.05) is 43.9 Å². The first-order valence-electron chi connectivity index (χ1n) is 6.73. The van der Waals surface area contributed by atoms with Gasteiger partial charge in [0.1, 0.15) is 5.82 Å². The SMILES string of the molecule is CCCN(CC(=O)N(C)C)c1ccnc(NCC)c1. The lowest BCUT2D eigenvalue weighted by molar-refractivity contribution is -0.127. The lowest BCUT2D eigenvalue weighted by atomic mass is 10.3. The van der Waals surface area contributed by atoms with Crippen LogP contribution in [0.1, 0.15) is 20.3 Å². The molecule has 0 aliphatic heterocycles. The second-order valence-corrected chi connectivity index (χ2v) is 4.64. The van der Waals surface area contributed by atoms with Crippen molar-refractivity contribution in [3.8, 4) is 0 Å². The van der Waals surface area contributed by atoms with Crippen LogP contribution in [0.4, 0.5) is 11.5 Å². The Morgan fingerprint density at radius 2 is 2.11 bits per heavy atom. The minimum absolute atomic E-state index is 0.107. The van der Waals surface area contributed by atoms with Gasteiger partial charge in [-0.15, -0.1) is 0 Å². The number of hydrogen-bond acceptors (Lipinski definition) is 4. The van der Waals surface area contributed by atoms with Crippen molar-refractivity contribution in [1.82, 2.24) is 9.88 Å². The Bertz CT molecular complexity index is 406. The van der Waals surface area contributed by atoms with Crippen LogP contribution < -0.4 is 10.2 Å². The fourth-order valence-corrected chi connectivity index (χ4v) is 1.77. The minimum Gasteiger partial charge on any atom is -0.370 e. The summed E-state index contributed by atoms with van der Waals surface area (Å²) in [5, 5.41) is 3.19. The summed E-state index contributed by atoms with van der Waals surface area (Å²) in [6, 6.07) is 3.93. The van der Waals surface area contributed by atoms with Crippen LogP contribution >= 0.6 is 0 Å². The number of nitrogens with one attached hydrogen (secondary N) is 1. The molecule has 1 amide bonds. The predicted molar refractivity (Wildman–Crippen MR) is 79.6 cm³/mol. The van der Waals surface area contributed by atoms with Crippen molar-refractivity contribution in [3.63, 3.8) is 0 Å². The molecule has 0 spiro atoms. The number of pyridine rings is 1. The Balaban J connectivity index is 2.85. The minimum atomic E-state index is 0.107. The number of aromatic nitrogens is 1. The highest BCUT2D eigenvalue weighted by Gasteiger charge is 2.12. The van der Waals surface area contributed by atoms with Crippen molar-refractivity contribution in [2.45, 2.75) is 20.3 Å². The average Bonchev–Trinajstić information content (AvgIpc) is 2.38. The van der Waals surface area contributed by atoms with E-state index in [1.54, 1.807) is 25.2 Å². The number of carbonyl (C=O) groups excluding carboxylic acids is 1. The van der Waals surface area contributed by atoms with Gasteiger partial charge in [0.25, 0.3) is 0 Å². The maximum absolute atomic E-state index is 11.9. The molecule has 0 aliphatic carbocycles. The number of carbonyl (C=O) groups is 1. The molecule has 0 aliphatic rings. The van der Waals surface area contributed by atoms with Gasteiger partial charge in [-0.05, 0) is 19.4 Å². The fourth-order valence-electron chi connectivity index (χ4n) is 1.77. The molecule has 0 aromatic carbocycles. The zero-order chi connectivity index (χ0) is 14.3.